The summed E-state index contributed by atoms with van der Waals surface area (Å²) < 4.78 is 21.2. The number of aromatic nitrogens is 2. The number of halogens is 1. The first-order valence-corrected chi connectivity index (χ1v) is 8.10. The summed E-state index contributed by atoms with van der Waals surface area (Å²) in [5.41, 5.74) is 1.74. The number of carbonyl (C=O) groups excluding carboxylic acids is 1. The van der Waals surface area contributed by atoms with E-state index in [1.165, 1.54) is 12.1 Å². The summed E-state index contributed by atoms with van der Waals surface area (Å²) in [6.45, 7) is 2.26. The maximum atomic E-state index is 14.4. The zero-order chi connectivity index (χ0) is 18.5. The van der Waals surface area contributed by atoms with E-state index in [1.54, 1.807) is 31.5 Å². The Morgan fingerprint density at radius 1 is 1.35 bits per heavy atom. The summed E-state index contributed by atoms with van der Waals surface area (Å²) in [4.78, 5) is 16.2. The molecule has 0 N–H and O–H groups in total. The van der Waals surface area contributed by atoms with Crippen molar-refractivity contribution in [1.29, 1.82) is 5.26 Å². The topological polar surface area (TPSA) is 67.9 Å². The Hall–Kier alpha value is -3.46. The molecule has 0 amide bonds. The van der Waals surface area contributed by atoms with Gasteiger partial charge in [0.25, 0.3) is 0 Å². The van der Waals surface area contributed by atoms with Crippen LogP contribution < -0.4 is 0 Å². The van der Waals surface area contributed by atoms with Crippen LogP contribution in [0.15, 0.2) is 54.4 Å². The quantitative estimate of drug-likeness (QED) is 0.400. The van der Waals surface area contributed by atoms with Gasteiger partial charge in [-0.25, -0.2) is 9.18 Å². The highest BCUT2D eigenvalue weighted by atomic mass is 19.1. The lowest BCUT2D eigenvalue weighted by atomic mass is 10.1. The van der Waals surface area contributed by atoms with Gasteiger partial charge in [0.2, 0.25) is 0 Å². The number of nitrogens with zero attached hydrogens (tertiary/aromatic N) is 3. The first-order valence-electron chi connectivity index (χ1n) is 8.10. The van der Waals surface area contributed by atoms with Crippen LogP contribution in [0.5, 0.6) is 0 Å². The molecule has 1 aromatic carbocycles. The van der Waals surface area contributed by atoms with E-state index >= 15 is 0 Å². The maximum Gasteiger partial charge on any atom is 0.348 e. The molecule has 130 valence electrons. The van der Waals surface area contributed by atoms with Crippen LogP contribution in [0.3, 0.4) is 0 Å². The van der Waals surface area contributed by atoms with E-state index in [2.05, 4.69) is 4.98 Å². The number of fused-ring (bicyclic) bond motifs is 1. The van der Waals surface area contributed by atoms with Crippen molar-refractivity contribution in [3.63, 3.8) is 0 Å². The van der Waals surface area contributed by atoms with Crippen LogP contribution in [0.1, 0.15) is 18.2 Å². The number of ether oxygens (including phenoxy) is 1. The molecule has 0 aliphatic carbocycles. The van der Waals surface area contributed by atoms with Gasteiger partial charge in [0.05, 0.1) is 24.4 Å². The summed E-state index contributed by atoms with van der Waals surface area (Å²) in [5.74, 6) is -1.15. The Kier molecular flexibility index (Phi) is 5.09. The molecule has 0 fully saturated rings. The van der Waals surface area contributed by atoms with E-state index in [0.717, 1.165) is 5.69 Å². The van der Waals surface area contributed by atoms with Crippen molar-refractivity contribution in [1.82, 2.24) is 9.55 Å². The third-order valence-corrected chi connectivity index (χ3v) is 3.86. The zero-order valence-electron chi connectivity index (χ0n) is 14.1. The van der Waals surface area contributed by atoms with Gasteiger partial charge >= 0.3 is 5.97 Å². The molecule has 2 heterocycles. The molecule has 5 nitrogen and oxygen atoms in total. The first-order chi connectivity index (χ1) is 12.6. The average Bonchev–Trinajstić information content (AvgIpc) is 2.99. The van der Waals surface area contributed by atoms with Crippen LogP contribution in [0.2, 0.25) is 0 Å². The lowest BCUT2D eigenvalue weighted by Crippen LogP contribution is -2.06. The van der Waals surface area contributed by atoms with Crippen molar-refractivity contribution in [3.05, 3.63) is 71.4 Å². The van der Waals surface area contributed by atoms with Crippen molar-refractivity contribution in [2.24, 2.45) is 0 Å². The van der Waals surface area contributed by atoms with E-state index in [9.17, 15) is 14.4 Å². The van der Waals surface area contributed by atoms with Gasteiger partial charge in [-0.15, -0.1) is 0 Å². The summed E-state index contributed by atoms with van der Waals surface area (Å²) in [7, 11) is 0. The van der Waals surface area contributed by atoms with Crippen LogP contribution >= 0.6 is 0 Å². The minimum absolute atomic E-state index is 0.160. The second-order valence-electron chi connectivity index (χ2n) is 5.56. The van der Waals surface area contributed by atoms with Gasteiger partial charge in [-0.1, -0.05) is 12.1 Å². The van der Waals surface area contributed by atoms with Gasteiger partial charge in [-0.2, -0.15) is 5.26 Å². The summed E-state index contributed by atoms with van der Waals surface area (Å²) in [5, 5.41) is 9.59. The number of carbonyl (C=O) groups is 1. The van der Waals surface area contributed by atoms with Gasteiger partial charge in [0.15, 0.2) is 0 Å². The predicted molar refractivity (Wildman–Crippen MR) is 95.5 cm³/mol. The Labute approximate surface area is 150 Å². The second kappa shape index (κ2) is 7.62. The van der Waals surface area contributed by atoms with Crippen LogP contribution in [0.25, 0.3) is 17.0 Å². The van der Waals surface area contributed by atoms with Gasteiger partial charge < -0.3 is 9.30 Å². The standard InChI is InChI=1S/C20H16FN3O2/c1-2-26-20(25)14(11-22)10-15-12-24(13-16-6-3-4-9-23-16)18-8-5-7-17(21)19(15)18/h3-10,12H,2,13H2,1H3/b14-10+. The van der Waals surface area contributed by atoms with Crippen LogP contribution in [-0.4, -0.2) is 22.1 Å². The number of hydrogen-bond acceptors (Lipinski definition) is 4. The molecule has 0 atom stereocenters. The lowest BCUT2D eigenvalue weighted by molar-refractivity contribution is -0.137. The molecule has 0 aliphatic heterocycles. The highest BCUT2D eigenvalue weighted by Crippen LogP contribution is 2.27. The van der Waals surface area contributed by atoms with Crippen LogP contribution in [-0.2, 0) is 16.1 Å². The van der Waals surface area contributed by atoms with E-state index in [4.69, 9.17) is 4.74 Å². The second-order valence-corrected chi connectivity index (χ2v) is 5.56. The SMILES string of the molecule is CCOC(=O)/C(C#N)=C/c1cn(Cc2ccccn2)c2cccc(F)c12. The highest BCUT2D eigenvalue weighted by Gasteiger charge is 2.15. The summed E-state index contributed by atoms with van der Waals surface area (Å²) in [6.07, 6.45) is 4.76. The average molecular weight is 349 g/mol. The molecule has 0 unspecified atom stereocenters. The third-order valence-electron chi connectivity index (χ3n) is 3.86. The number of hydrogen-bond donors (Lipinski definition) is 0. The molecule has 0 radical (unpaired) electrons. The van der Waals surface area contributed by atoms with Crippen molar-refractivity contribution >= 4 is 22.9 Å². The molecule has 0 spiro atoms. The molecule has 0 saturated carbocycles. The van der Waals surface area contributed by atoms with Crippen LogP contribution in [0, 0.1) is 17.1 Å². The molecule has 2 aromatic heterocycles. The fourth-order valence-corrected chi connectivity index (χ4v) is 2.75. The Bertz CT molecular complexity index is 1020. The highest BCUT2D eigenvalue weighted by molar-refractivity contribution is 6.01. The number of rotatable bonds is 5. The number of benzene rings is 1. The fourth-order valence-electron chi connectivity index (χ4n) is 2.75. The fraction of sp³-hybridized carbons (Fsp3) is 0.150. The van der Waals surface area contributed by atoms with E-state index < -0.39 is 11.8 Å². The summed E-state index contributed by atoms with van der Waals surface area (Å²) >= 11 is 0. The smallest absolute Gasteiger partial charge is 0.348 e. The van der Waals surface area contributed by atoms with E-state index in [-0.39, 0.29) is 12.2 Å². The van der Waals surface area contributed by atoms with Gasteiger partial charge in [-0.3, -0.25) is 4.98 Å². The molecule has 0 aliphatic rings. The van der Waals surface area contributed by atoms with Crippen molar-refractivity contribution in [2.75, 3.05) is 6.61 Å². The maximum absolute atomic E-state index is 14.4. The van der Waals surface area contributed by atoms with Crippen molar-refractivity contribution in [2.45, 2.75) is 13.5 Å². The molecule has 26 heavy (non-hydrogen) atoms. The lowest BCUT2D eigenvalue weighted by Gasteiger charge is -2.04. The van der Waals surface area contributed by atoms with Gasteiger partial charge in [0.1, 0.15) is 17.5 Å². The molecule has 0 saturated heterocycles. The molecule has 0 bridgehead atoms. The molecular formula is C20H16FN3O2. The third kappa shape index (κ3) is 3.47. The number of nitriles is 1. The Balaban J connectivity index is 2.11. The zero-order valence-corrected chi connectivity index (χ0v) is 14.1. The van der Waals surface area contributed by atoms with Crippen molar-refractivity contribution in [3.8, 4) is 6.07 Å². The monoisotopic (exact) mass is 349 g/mol. The number of esters is 1. The molecule has 6 heteroatoms. The summed E-state index contributed by atoms with van der Waals surface area (Å²) in [6, 6.07) is 12.2. The minimum atomic E-state index is -0.725. The van der Waals surface area contributed by atoms with E-state index in [0.29, 0.717) is 23.0 Å². The van der Waals surface area contributed by atoms with Crippen molar-refractivity contribution < 1.29 is 13.9 Å². The number of pyridine rings is 1. The molecule has 3 aromatic rings. The van der Waals surface area contributed by atoms with E-state index in [1.807, 2.05) is 28.8 Å². The van der Waals surface area contributed by atoms with Gasteiger partial charge in [-0.05, 0) is 37.3 Å². The molecular weight excluding hydrogens is 333 g/mol. The Morgan fingerprint density at radius 3 is 2.88 bits per heavy atom. The largest absolute Gasteiger partial charge is 0.462 e. The Morgan fingerprint density at radius 2 is 2.19 bits per heavy atom. The van der Waals surface area contributed by atoms with Crippen LogP contribution in [0.4, 0.5) is 4.39 Å². The van der Waals surface area contributed by atoms with Gasteiger partial charge in [0, 0.05) is 23.3 Å². The first kappa shape index (κ1) is 17.4. The molecule has 3 rings (SSSR count). The minimum Gasteiger partial charge on any atom is -0.462 e. The predicted octanol–water partition coefficient (Wildman–Crippen LogP) is 3.69. The normalized spacial score (nSPS) is 11.3.